The summed E-state index contributed by atoms with van der Waals surface area (Å²) in [6.45, 7) is 2.27. The fourth-order valence-electron chi connectivity index (χ4n) is 10.8. The van der Waals surface area contributed by atoms with Crippen molar-refractivity contribution >= 4 is 61.5 Å². The van der Waals surface area contributed by atoms with E-state index in [1.165, 1.54) is 88.3 Å². The van der Waals surface area contributed by atoms with Gasteiger partial charge in [0.05, 0.1) is 28.1 Å². The zero-order valence-electron chi connectivity index (χ0n) is 31.8. The van der Waals surface area contributed by atoms with Gasteiger partial charge in [0.1, 0.15) is 5.65 Å². The minimum absolute atomic E-state index is 0.0189. The molecule has 0 N–H and O–H groups in total. The molecule has 2 aliphatic carbocycles. The molecule has 13 rings (SSSR count). The molecule has 0 fully saturated rings. The fraction of sp³-hybridized carbons (Fsp3) is 0.0577. The molecule has 0 saturated carbocycles. The van der Waals surface area contributed by atoms with Gasteiger partial charge in [0, 0.05) is 63.2 Å². The zero-order valence-corrected chi connectivity index (χ0v) is 31.8. The number of aromatic nitrogens is 5. The molecular formula is C52H34BN5. The SMILES string of the molecule is Cc1cc(-c2ccccn2)cc2c1B(c1ccnc3c1CC1=C3c3ncccc3C1c1ccccc1)c1cccc3c4c5ccccc5n(-c5ccccc5)c4n-2c13. The summed E-state index contributed by atoms with van der Waals surface area (Å²) < 4.78 is 5.04. The van der Waals surface area contributed by atoms with Crippen LogP contribution in [0.2, 0.25) is 0 Å². The highest BCUT2D eigenvalue weighted by molar-refractivity contribution is 6.98. The largest absolute Gasteiger partial charge is 0.296 e. The standard InChI is InChI=1S/C52H34BN5/c1-31-28-33(42-22-10-11-25-54-42)29-44-48(31)53(40-24-27-56-50-38(40)30-39-45(32-14-4-2-5-15-32)36-20-13-26-55-49(36)47(39)50)41-21-12-19-37-46-35-18-8-9-23-43(35)57(34-16-6-3-7-17-34)52(46)58(44)51(37)41/h2-29,45H,30H2,1H3. The molecule has 6 heterocycles. The number of pyridine rings is 3. The summed E-state index contributed by atoms with van der Waals surface area (Å²) in [6, 6.07) is 55.2. The van der Waals surface area contributed by atoms with Gasteiger partial charge in [-0.05, 0) is 95.1 Å². The van der Waals surface area contributed by atoms with E-state index in [1.807, 2.05) is 24.7 Å². The average molecular weight is 740 g/mol. The first-order chi connectivity index (χ1) is 28.7. The molecule has 5 nitrogen and oxygen atoms in total. The molecule has 5 aromatic carbocycles. The van der Waals surface area contributed by atoms with Crippen molar-refractivity contribution in [3.8, 4) is 22.6 Å². The van der Waals surface area contributed by atoms with E-state index in [0.29, 0.717) is 0 Å². The molecule has 1 aliphatic heterocycles. The van der Waals surface area contributed by atoms with E-state index in [9.17, 15) is 0 Å². The Morgan fingerprint density at radius 1 is 0.621 bits per heavy atom. The van der Waals surface area contributed by atoms with Crippen molar-refractivity contribution in [1.82, 2.24) is 24.1 Å². The molecule has 6 heteroatoms. The maximum atomic E-state index is 5.20. The molecule has 0 radical (unpaired) electrons. The third-order valence-electron chi connectivity index (χ3n) is 13.0. The van der Waals surface area contributed by atoms with Crippen molar-refractivity contribution in [3.63, 3.8) is 0 Å². The number of fused-ring (bicyclic) bond motifs is 11. The number of allylic oxidation sites excluding steroid dienone is 1. The van der Waals surface area contributed by atoms with Gasteiger partial charge in [-0.2, -0.15) is 0 Å². The van der Waals surface area contributed by atoms with Gasteiger partial charge in [-0.25, -0.2) is 0 Å². The Bertz CT molecular complexity index is 3380. The quantitative estimate of drug-likeness (QED) is 0.169. The van der Waals surface area contributed by atoms with Gasteiger partial charge in [0.15, 0.2) is 0 Å². The minimum Gasteiger partial charge on any atom is -0.296 e. The summed E-state index contributed by atoms with van der Waals surface area (Å²) in [5.74, 6) is 0.149. The van der Waals surface area contributed by atoms with Crippen LogP contribution < -0.4 is 16.4 Å². The fourth-order valence-corrected chi connectivity index (χ4v) is 10.8. The van der Waals surface area contributed by atoms with Crippen LogP contribution in [-0.2, 0) is 6.42 Å². The van der Waals surface area contributed by atoms with E-state index in [2.05, 4.69) is 162 Å². The lowest BCUT2D eigenvalue weighted by molar-refractivity contribution is 0.925. The maximum Gasteiger partial charge on any atom is 0.247 e. The van der Waals surface area contributed by atoms with Crippen molar-refractivity contribution in [2.75, 3.05) is 0 Å². The Morgan fingerprint density at radius 3 is 2.26 bits per heavy atom. The number of hydrogen-bond donors (Lipinski definition) is 0. The Labute approximate surface area is 335 Å². The highest BCUT2D eigenvalue weighted by Crippen LogP contribution is 2.52. The minimum atomic E-state index is -0.0189. The van der Waals surface area contributed by atoms with Gasteiger partial charge < -0.3 is 0 Å². The third kappa shape index (κ3) is 4.18. The van der Waals surface area contributed by atoms with E-state index >= 15 is 0 Å². The van der Waals surface area contributed by atoms with E-state index < -0.39 is 0 Å². The van der Waals surface area contributed by atoms with Gasteiger partial charge in [0.25, 0.3) is 0 Å². The van der Waals surface area contributed by atoms with Crippen molar-refractivity contribution in [2.45, 2.75) is 19.3 Å². The Kier molecular flexibility index (Phi) is 6.51. The number of hydrogen-bond acceptors (Lipinski definition) is 3. The Hall–Kier alpha value is -7.31. The molecule has 0 bridgehead atoms. The van der Waals surface area contributed by atoms with Crippen LogP contribution in [0.3, 0.4) is 0 Å². The van der Waals surface area contributed by atoms with Crippen LogP contribution in [0.15, 0.2) is 176 Å². The Balaban J connectivity index is 1.12. The van der Waals surface area contributed by atoms with Crippen LogP contribution in [0.1, 0.15) is 39.6 Å². The van der Waals surface area contributed by atoms with Gasteiger partial charge >= 0.3 is 0 Å². The first-order valence-electron chi connectivity index (χ1n) is 20.1. The van der Waals surface area contributed by atoms with Crippen LogP contribution in [0.25, 0.3) is 61.0 Å². The molecule has 3 aliphatic rings. The molecular weight excluding hydrogens is 705 g/mol. The Morgan fingerprint density at radius 2 is 1.40 bits per heavy atom. The third-order valence-corrected chi connectivity index (χ3v) is 13.0. The molecule has 0 spiro atoms. The van der Waals surface area contributed by atoms with Crippen LogP contribution in [0.5, 0.6) is 0 Å². The smallest absolute Gasteiger partial charge is 0.247 e. The van der Waals surface area contributed by atoms with Crippen LogP contribution in [0.4, 0.5) is 0 Å². The second kappa shape index (κ2) is 11.9. The molecule has 270 valence electrons. The van der Waals surface area contributed by atoms with E-state index in [0.717, 1.165) is 34.8 Å². The number of nitrogens with zero attached hydrogens (tertiary/aromatic N) is 5. The predicted octanol–water partition coefficient (Wildman–Crippen LogP) is 9.22. The summed E-state index contributed by atoms with van der Waals surface area (Å²) in [5, 5.41) is 3.80. The number of aryl methyl sites for hydroxylation is 1. The lowest BCUT2D eigenvalue weighted by Crippen LogP contribution is -2.58. The predicted molar refractivity (Wildman–Crippen MR) is 237 cm³/mol. The van der Waals surface area contributed by atoms with Gasteiger partial charge in [-0.15, -0.1) is 0 Å². The molecule has 0 saturated heterocycles. The lowest BCUT2D eigenvalue weighted by atomic mass is 9.34. The monoisotopic (exact) mass is 739 g/mol. The number of rotatable bonds is 4. The normalized spacial score (nSPS) is 15.0. The van der Waals surface area contributed by atoms with Crippen molar-refractivity contribution in [3.05, 3.63) is 209 Å². The lowest BCUT2D eigenvalue weighted by Gasteiger charge is -2.31. The zero-order chi connectivity index (χ0) is 38.1. The van der Waals surface area contributed by atoms with Gasteiger partial charge in [-0.1, -0.05) is 114 Å². The molecule has 10 aromatic rings. The first-order valence-corrected chi connectivity index (χ1v) is 20.1. The highest BCUT2D eigenvalue weighted by Gasteiger charge is 2.43. The molecule has 0 amide bonds. The summed E-state index contributed by atoms with van der Waals surface area (Å²) in [6.07, 6.45) is 6.71. The van der Waals surface area contributed by atoms with Crippen molar-refractivity contribution in [1.29, 1.82) is 0 Å². The van der Waals surface area contributed by atoms with Crippen LogP contribution in [-0.4, -0.2) is 30.8 Å². The van der Waals surface area contributed by atoms with Gasteiger partial charge in [0.2, 0.25) is 6.71 Å². The molecule has 5 aromatic heterocycles. The van der Waals surface area contributed by atoms with Gasteiger partial charge in [-0.3, -0.25) is 24.1 Å². The molecule has 1 unspecified atom stereocenters. The average Bonchev–Trinajstić information content (AvgIpc) is 4.01. The molecule has 1 atom stereocenters. The van der Waals surface area contributed by atoms with Crippen molar-refractivity contribution < 1.29 is 0 Å². The van der Waals surface area contributed by atoms with E-state index in [1.54, 1.807) is 0 Å². The topological polar surface area (TPSA) is 48.5 Å². The summed E-state index contributed by atoms with van der Waals surface area (Å²) in [4.78, 5) is 15.1. The van der Waals surface area contributed by atoms with E-state index in [-0.39, 0.29) is 12.6 Å². The first kappa shape index (κ1) is 31.9. The second-order valence-corrected chi connectivity index (χ2v) is 15.9. The maximum absolute atomic E-state index is 5.20. The molecule has 58 heavy (non-hydrogen) atoms. The highest BCUT2D eigenvalue weighted by atomic mass is 15.1. The van der Waals surface area contributed by atoms with Crippen LogP contribution in [0, 0.1) is 6.92 Å². The van der Waals surface area contributed by atoms with Crippen LogP contribution >= 0.6 is 0 Å². The number of para-hydroxylation sites is 3. The summed E-state index contributed by atoms with van der Waals surface area (Å²) in [7, 11) is 0. The number of benzene rings is 5. The van der Waals surface area contributed by atoms with Crippen molar-refractivity contribution in [2.24, 2.45) is 0 Å². The second-order valence-electron chi connectivity index (χ2n) is 15.9. The summed E-state index contributed by atoms with van der Waals surface area (Å²) >= 11 is 0. The van der Waals surface area contributed by atoms with E-state index in [4.69, 9.17) is 15.0 Å². The summed E-state index contributed by atoms with van der Waals surface area (Å²) in [5.41, 5.74) is 21.9.